The summed E-state index contributed by atoms with van der Waals surface area (Å²) in [6, 6.07) is 12.5. The first-order valence-corrected chi connectivity index (χ1v) is 9.61. The van der Waals surface area contributed by atoms with Crippen molar-refractivity contribution in [3.63, 3.8) is 0 Å². The van der Waals surface area contributed by atoms with Crippen LogP contribution in [0, 0.1) is 22.7 Å². The minimum absolute atomic E-state index is 0.316. The highest BCUT2D eigenvalue weighted by Gasteiger charge is 2.31. The summed E-state index contributed by atoms with van der Waals surface area (Å²) < 4.78 is 0. The van der Waals surface area contributed by atoms with E-state index in [9.17, 15) is 5.26 Å². The smallest absolute Gasteiger partial charge is 0.134 e. The molecule has 0 saturated carbocycles. The van der Waals surface area contributed by atoms with Gasteiger partial charge in [0, 0.05) is 11.1 Å². The van der Waals surface area contributed by atoms with Gasteiger partial charge in [0.15, 0.2) is 0 Å². The third kappa shape index (κ3) is 4.08. The summed E-state index contributed by atoms with van der Waals surface area (Å²) in [6.07, 6.45) is 9.01. The second-order valence-corrected chi connectivity index (χ2v) is 8.73. The quantitative estimate of drug-likeness (QED) is 0.609. The zero-order chi connectivity index (χ0) is 17.9. The van der Waals surface area contributed by atoms with Gasteiger partial charge in [0.05, 0.1) is 5.56 Å². The predicted molar refractivity (Wildman–Crippen MR) is 108 cm³/mol. The van der Waals surface area contributed by atoms with Crippen molar-refractivity contribution in [1.29, 1.82) is 5.26 Å². The maximum atomic E-state index is 9.59. The summed E-state index contributed by atoms with van der Waals surface area (Å²) in [5, 5.41) is 10.4. The van der Waals surface area contributed by atoms with E-state index in [4.69, 9.17) is 0 Å². The first kappa shape index (κ1) is 17.6. The molecule has 2 aromatic rings. The second-order valence-electron chi connectivity index (χ2n) is 7.65. The average molecular weight is 349 g/mol. The standard InChI is InChI=1S/C22H24N2S/c1-22(2,3)17-11-12-18-19(15-23)21(25-20(18)14-17)24-13-7-10-16-8-5-4-6-9-16/h4-10,13,17H,11-12,14H2,1-3H3/b10-7-,24-13?/t17-/m1/s1. The van der Waals surface area contributed by atoms with Crippen molar-refractivity contribution in [2.75, 3.05) is 0 Å². The van der Waals surface area contributed by atoms with Gasteiger partial charge in [0.2, 0.25) is 0 Å². The zero-order valence-corrected chi connectivity index (χ0v) is 15.9. The largest absolute Gasteiger partial charge is 0.245 e. The molecule has 0 fully saturated rings. The molecular formula is C22H24N2S. The van der Waals surface area contributed by atoms with Crippen LogP contribution in [0.5, 0.6) is 0 Å². The molecular weight excluding hydrogens is 324 g/mol. The SMILES string of the molecule is CC(C)(C)[C@@H]1CCc2c(sc(N=C/C=C\c3ccccc3)c2C#N)C1. The lowest BCUT2D eigenvalue weighted by atomic mass is 9.72. The summed E-state index contributed by atoms with van der Waals surface area (Å²) >= 11 is 1.70. The fourth-order valence-corrected chi connectivity index (χ4v) is 4.58. The van der Waals surface area contributed by atoms with E-state index < -0.39 is 0 Å². The summed E-state index contributed by atoms with van der Waals surface area (Å²) in [5.74, 6) is 0.681. The van der Waals surface area contributed by atoms with E-state index >= 15 is 0 Å². The Balaban J connectivity index is 1.79. The van der Waals surface area contributed by atoms with Gasteiger partial charge < -0.3 is 0 Å². The first-order chi connectivity index (χ1) is 12.0. The van der Waals surface area contributed by atoms with Gasteiger partial charge in [-0.3, -0.25) is 0 Å². The number of rotatable bonds is 3. The number of thiophene rings is 1. The van der Waals surface area contributed by atoms with E-state index in [1.165, 1.54) is 16.9 Å². The Kier molecular flexibility index (Phi) is 5.20. The predicted octanol–water partition coefficient (Wildman–Crippen LogP) is 6.19. The van der Waals surface area contributed by atoms with Gasteiger partial charge in [-0.2, -0.15) is 5.26 Å². The van der Waals surface area contributed by atoms with Gasteiger partial charge in [0.25, 0.3) is 0 Å². The van der Waals surface area contributed by atoms with E-state index in [1.54, 1.807) is 17.6 Å². The van der Waals surface area contributed by atoms with Crippen molar-refractivity contribution in [2.24, 2.45) is 16.3 Å². The molecule has 1 aromatic carbocycles. The Labute approximate surface area is 154 Å². The van der Waals surface area contributed by atoms with Crippen molar-refractivity contribution in [3.05, 3.63) is 58.0 Å². The highest BCUT2D eigenvalue weighted by molar-refractivity contribution is 7.16. The van der Waals surface area contributed by atoms with Crippen molar-refractivity contribution < 1.29 is 0 Å². The van der Waals surface area contributed by atoms with Gasteiger partial charge in [-0.25, -0.2) is 4.99 Å². The fraction of sp³-hybridized carbons (Fsp3) is 0.364. The van der Waals surface area contributed by atoms with Crippen molar-refractivity contribution in [1.82, 2.24) is 0 Å². The van der Waals surface area contributed by atoms with Gasteiger partial charge >= 0.3 is 0 Å². The molecule has 1 aromatic heterocycles. The van der Waals surface area contributed by atoms with Crippen LogP contribution in [0.25, 0.3) is 6.08 Å². The van der Waals surface area contributed by atoms with E-state index in [2.05, 4.69) is 44.0 Å². The molecule has 0 aliphatic heterocycles. The van der Waals surface area contributed by atoms with Crippen LogP contribution in [0.4, 0.5) is 5.00 Å². The molecule has 0 saturated heterocycles. The minimum Gasteiger partial charge on any atom is -0.245 e. The number of hydrogen-bond acceptors (Lipinski definition) is 3. The van der Waals surface area contributed by atoms with E-state index in [-0.39, 0.29) is 0 Å². The average Bonchev–Trinajstić information content (AvgIpc) is 2.95. The monoisotopic (exact) mass is 348 g/mol. The molecule has 3 rings (SSSR count). The van der Waals surface area contributed by atoms with Crippen LogP contribution >= 0.6 is 11.3 Å². The van der Waals surface area contributed by atoms with Crippen LogP contribution in [0.3, 0.4) is 0 Å². The van der Waals surface area contributed by atoms with Crippen LogP contribution in [0.2, 0.25) is 0 Å². The maximum absolute atomic E-state index is 9.59. The Morgan fingerprint density at radius 2 is 2.00 bits per heavy atom. The fourth-order valence-electron chi connectivity index (χ4n) is 3.35. The van der Waals surface area contributed by atoms with Crippen LogP contribution in [-0.2, 0) is 12.8 Å². The molecule has 0 spiro atoms. The number of aliphatic imine (C=N–C) groups is 1. The Bertz CT molecular complexity index is 829. The molecule has 1 atom stereocenters. The third-order valence-corrected chi connectivity index (χ3v) is 6.11. The molecule has 0 amide bonds. The number of benzene rings is 1. The summed E-state index contributed by atoms with van der Waals surface area (Å²) in [5.41, 5.74) is 3.49. The minimum atomic E-state index is 0.316. The van der Waals surface area contributed by atoms with Crippen LogP contribution in [0.15, 0.2) is 41.4 Å². The zero-order valence-electron chi connectivity index (χ0n) is 15.1. The van der Waals surface area contributed by atoms with E-state index in [0.29, 0.717) is 11.3 Å². The Morgan fingerprint density at radius 1 is 1.24 bits per heavy atom. The second kappa shape index (κ2) is 7.37. The van der Waals surface area contributed by atoms with Gasteiger partial charge in [0.1, 0.15) is 11.1 Å². The van der Waals surface area contributed by atoms with Crippen LogP contribution in [0.1, 0.15) is 48.8 Å². The highest BCUT2D eigenvalue weighted by atomic mass is 32.1. The third-order valence-electron chi connectivity index (χ3n) is 4.95. The van der Waals surface area contributed by atoms with Crippen LogP contribution < -0.4 is 0 Å². The van der Waals surface area contributed by atoms with Gasteiger partial charge in [-0.15, -0.1) is 11.3 Å². The van der Waals surface area contributed by atoms with Crippen molar-refractivity contribution in [2.45, 2.75) is 40.0 Å². The maximum Gasteiger partial charge on any atom is 0.134 e. The first-order valence-electron chi connectivity index (χ1n) is 8.79. The summed E-state index contributed by atoms with van der Waals surface area (Å²) in [7, 11) is 0. The lowest BCUT2D eigenvalue weighted by Crippen LogP contribution is -2.26. The van der Waals surface area contributed by atoms with Crippen molar-refractivity contribution >= 4 is 28.6 Å². The number of nitriles is 1. The topological polar surface area (TPSA) is 36.1 Å². The lowest BCUT2D eigenvalue weighted by Gasteiger charge is -2.33. The molecule has 2 nitrogen and oxygen atoms in total. The number of allylic oxidation sites excluding steroid dienone is 1. The molecule has 0 bridgehead atoms. The number of nitrogens with zero attached hydrogens (tertiary/aromatic N) is 2. The number of hydrogen-bond donors (Lipinski definition) is 0. The Morgan fingerprint density at radius 3 is 2.68 bits per heavy atom. The molecule has 0 radical (unpaired) electrons. The highest BCUT2D eigenvalue weighted by Crippen LogP contribution is 2.44. The molecule has 128 valence electrons. The van der Waals surface area contributed by atoms with E-state index in [0.717, 1.165) is 29.0 Å². The summed E-state index contributed by atoms with van der Waals surface area (Å²) in [6.45, 7) is 6.94. The molecule has 1 aliphatic carbocycles. The van der Waals surface area contributed by atoms with Crippen LogP contribution in [-0.4, -0.2) is 6.21 Å². The lowest BCUT2D eigenvalue weighted by molar-refractivity contribution is 0.218. The van der Waals surface area contributed by atoms with Crippen molar-refractivity contribution in [3.8, 4) is 6.07 Å². The molecule has 1 heterocycles. The molecule has 0 unspecified atom stereocenters. The summed E-state index contributed by atoms with van der Waals surface area (Å²) in [4.78, 5) is 5.93. The normalized spacial score (nSPS) is 17.8. The van der Waals surface area contributed by atoms with Gasteiger partial charge in [-0.05, 0) is 47.8 Å². The number of fused-ring (bicyclic) bond motifs is 1. The molecule has 25 heavy (non-hydrogen) atoms. The molecule has 1 aliphatic rings. The molecule has 3 heteroatoms. The van der Waals surface area contributed by atoms with E-state index in [1.807, 2.05) is 30.4 Å². The van der Waals surface area contributed by atoms with Gasteiger partial charge in [-0.1, -0.05) is 57.2 Å². The Hall–Kier alpha value is -2.18. The molecule has 0 N–H and O–H groups in total.